The first-order valence-electron chi connectivity index (χ1n) is 12.8. The van der Waals surface area contributed by atoms with Crippen LogP contribution in [0.25, 0.3) is 0 Å². The van der Waals surface area contributed by atoms with E-state index in [9.17, 15) is 24.0 Å². The molecule has 10 heteroatoms. The van der Waals surface area contributed by atoms with Gasteiger partial charge in [-0.3, -0.25) is 19.2 Å². The molecular weight excluding hydrogens is 450 g/mol. The Morgan fingerprint density at radius 3 is 2.11 bits per heavy atom. The second-order valence-corrected chi connectivity index (χ2v) is 11.3. The number of ketones is 1. The number of rotatable bonds is 9. The van der Waals surface area contributed by atoms with Gasteiger partial charge in [-0.2, -0.15) is 0 Å². The van der Waals surface area contributed by atoms with Crippen molar-refractivity contribution < 1.29 is 24.0 Å². The molecule has 5 amide bonds. The van der Waals surface area contributed by atoms with Crippen LogP contribution in [-0.4, -0.2) is 64.6 Å². The van der Waals surface area contributed by atoms with Gasteiger partial charge in [0.2, 0.25) is 17.6 Å². The van der Waals surface area contributed by atoms with Crippen LogP contribution in [0.4, 0.5) is 4.79 Å². The third-order valence-corrected chi connectivity index (χ3v) is 6.58. The van der Waals surface area contributed by atoms with Gasteiger partial charge in [-0.1, -0.05) is 33.1 Å². The minimum Gasteiger partial charge on any atom is -0.363 e. The van der Waals surface area contributed by atoms with Crippen molar-refractivity contribution >= 4 is 29.5 Å². The van der Waals surface area contributed by atoms with Gasteiger partial charge in [-0.05, 0) is 64.7 Å². The molecule has 2 aliphatic rings. The Kier molecular flexibility index (Phi) is 10.1. The summed E-state index contributed by atoms with van der Waals surface area (Å²) in [5.41, 5.74) is 4.72. The maximum absolute atomic E-state index is 13.7. The van der Waals surface area contributed by atoms with E-state index in [1.54, 1.807) is 0 Å². The third kappa shape index (κ3) is 8.50. The highest BCUT2D eigenvalue weighted by atomic mass is 16.2. The minimum atomic E-state index is -1.10. The number of likely N-dealkylation sites (tertiary alicyclic amines) is 1. The molecule has 0 aromatic rings. The Morgan fingerprint density at radius 1 is 0.943 bits per heavy atom. The Labute approximate surface area is 208 Å². The molecule has 3 unspecified atom stereocenters. The summed E-state index contributed by atoms with van der Waals surface area (Å²) in [5.74, 6) is -2.65. The number of hydrogen-bond acceptors (Lipinski definition) is 5. The standard InChI is InChI=1S/C25H43N5O5/c1-15(2)14-17(20(31)21(26)32)27-22(33)18-12-9-13-30(18)23(34)19(16-10-7-6-8-11-16)28-24(35)29-25(3,4)5/h15-19H,6-14H2,1-5H3,(H2,26,32)(H,27,33)(H2,28,29,35). The van der Waals surface area contributed by atoms with Crippen LogP contribution in [0.5, 0.6) is 0 Å². The molecule has 198 valence electrons. The Bertz CT molecular complexity index is 801. The van der Waals surface area contributed by atoms with E-state index in [1.807, 2.05) is 34.6 Å². The van der Waals surface area contributed by atoms with Crippen molar-refractivity contribution in [3.63, 3.8) is 0 Å². The number of nitrogens with one attached hydrogen (secondary N) is 3. The molecule has 0 radical (unpaired) electrons. The molecule has 2 rings (SSSR count). The molecular formula is C25H43N5O5. The predicted molar refractivity (Wildman–Crippen MR) is 132 cm³/mol. The highest BCUT2D eigenvalue weighted by molar-refractivity contribution is 6.37. The first-order chi connectivity index (χ1) is 16.3. The third-order valence-electron chi connectivity index (χ3n) is 6.58. The van der Waals surface area contributed by atoms with Gasteiger partial charge in [0.1, 0.15) is 12.1 Å². The van der Waals surface area contributed by atoms with E-state index in [1.165, 1.54) is 4.90 Å². The SMILES string of the molecule is CC(C)CC(NC(=O)C1CCCN1C(=O)C(NC(=O)NC(C)(C)C)C1CCCCC1)C(=O)C(N)=O. The number of hydrogen-bond donors (Lipinski definition) is 4. The smallest absolute Gasteiger partial charge is 0.315 e. The van der Waals surface area contributed by atoms with Crippen molar-refractivity contribution in [3.8, 4) is 0 Å². The van der Waals surface area contributed by atoms with Crippen molar-refractivity contribution in [2.75, 3.05) is 6.54 Å². The molecule has 1 aliphatic carbocycles. The molecule has 1 aliphatic heterocycles. The fraction of sp³-hybridized carbons (Fsp3) is 0.800. The van der Waals surface area contributed by atoms with Crippen LogP contribution in [0.3, 0.4) is 0 Å². The lowest BCUT2D eigenvalue weighted by atomic mass is 9.83. The van der Waals surface area contributed by atoms with Gasteiger partial charge in [0, 0.05) is 12.1 Å². The average molecular weight is 494 g/mol. The van der Waals surface area contributed by atoms with Crippen molar-refractivity contribution in [2.24, 2.45) is 17.6 Å². The van der Waals surface area contributed by atoms with Crippen molar-refractivity contribution in [1.29, 1.82) is 0 Å². The molecule has 2 fully saturated rings. The molecule has 0 aromatic heterocycles. The predicted octanol–water partition coefficient (Wildman–Crippen LogP) is 1.61. The van der Waals surface area contributed by atoms with Gasteiger partial charge in [0.25, 0.3) is 5.91 Å². The molecule has 1 saturated heterocycles. The fourth-order valence-electron chi connectivity index (χ4n) is 4.99. The number of nitrogens with zero attached hydrogens (tertiary/aromatic N) is 1. The number of urea groups is 1. The van der Waals surface area contributed by atoms with Crippen LogP contribution >= 0.6 is 0 Å². The molecule has 5 N–H and O–H groups in total. The van der Waals surface area contributed by atoms with Crippen LogP contribution < -0.4 is 21.7 Å². The molecule has 1 saturated carbocycles. The Hall–Kier alpha value is -2.65. The zero-order valence-electron chi connectivity index (χ0n) is 21.8. The highest BCUT2D eigenvalue weighted by Gasteiger charge is 2.42. The van der Waals surface area contributed by atoms with Crippen LogP contribution in [0, 0.1) is 11.8 Å². The monoisotopic (exact) mass is 493 g/mol. The molecule has 1 heterocycles. The lowest BCUT2D eigenvalue weighted by Gasteiger charge is -2.35. The van der Waals surface area contributed by atoms with E-state index in [0.29, 0.717) is 19.4 Å². The zero-order chi connectivity index (χ0) is 26.3. The van der Waals surface area contributed by atoms with E-state index in [0.717, 1.165) is 32.1 Å². The normalized spacial score (nSPS) is 20.7. The number of carbonyl (C=O) groups is 5. The van der Waals surface area contributed by atoms with E-state index < -0.39 is 47.3 Å². The summed E-state index contributed by atoms with van der Waals surface area (Å²) in [4.78, 5) is 64.9. The van der Waals surface area contributed by atoms with E-state index >= 15 is 0 Å². The maximum Gasteiger partial charge on any atom is 0.315 e. The number of carbonyl (C=O) groups excluding carboxylic acids is 5. The van der Waals surface area contributed by atoms with E-state index in [2.05, 4.69) is 16.0 Å². The second-order valence-electron chi connectivity index (χ2n) is 11.3. The van der Waals surface area contributed by atoms with E-state index in [4.69, 9.17) is 5.73 Å². The van der Waals surface area contributed by atoms with Gasteiger partial charge < -0.3 is 26.6 Å². The maximum atomic E-state index is 13.7. The topological polar surface area (TPSA) is 151 Å². The quantitative estimate of drug-likeness (QED) is 0.360. The van der Waals surface area contributed by atoms with Gasteiger partial charge in [0.15, 0.2) is 0 Å². The number of Topliss-reactive ketones (excluding diaryl/α,β-unsaturated/α-hetero) is 1. The second kappa shape index (κ2) is 12.4. The summed E-state index contributed by atoms with van der Waals surface area (Å²) in [6, 6.07) is -2.94. The van der Waals surface area contributed by atoms with Crippen molar-refractivity contribution in [2.45, 2.75) is 110 Å². The van der Waals surface area contributed by atoms with Crippen LogP contribution in [0.15, 0.2) is 0 Å². The molecule has 35 heavy (non-hydrogen) atoms. The lowest BCUT2D eigenvalue weighted by molar-refractivity contribution is -0.143. The highest BCUT2D eigenvalue weighted by Crippen LogP contribution is 2.29. The first kappa shape index (κ1) is 28.6. The fourth-order valence-corrected chi connectivity index (χ4v) is 4.99. The summed E-state index contributed by atoms with van der Waals surface area (Å²) < 4.78 is 0. The molecule has 0 bridgehead atoms. The molecule has 10 nitrogen and oxygen atoms in total. The lowest BCUT2D eigenvalue weighted by Crippen LogP contribution is -2.60. The number of nitrogens with two attached hydrogens (primary N) is 1. The summed E-state index contributed by atoms with van der Waals surface area (Å²) in [6.45, 7) is 9.74. The number of amides is 5. The molecule has 0 aromatic carbocycles. The van der Waals surface area contributed by atoms with Gasteiger partial charge in [0.05, 0.1) is 6.04 Å². The zero-order valence-corrected chi connectivity index (χ0v) is 21.8. The molecule has 3 atom stereocenters. The summed E-state index contributed by atoms with van der Waals surface area (Å²) >= 11 is 0. The average Bonchev–Trinajstić information content (AvgIpc) is 3.25. The molecule has 0 spiro atoms. The van der Waals surface area contributed by atoms with Gasteiger partial charge in [-0.15, -0.1) is 0 Å². The van der Waals surface area contributed by atoms with Gasteiger partial charge in [-0.25, -0.2) is 4.79 Å². The van der Waals surface area contributed by atoms with Crippen LogP contribution in [-0.2, 0) is 19.2 Å². The van der Waals surface area contributed by atoms with E-state index in [-0.39, 0.29) is 24.2 Å². The first-order valence-corrected chi connectivity index (χ1v) is 12.8. The largest absolute Gasteiger partial charge is 0.363 e. The van der Waals surface area contributed by atoms with Crippen LogP contribution in [0.1, 0.15) is 86.0 Å². The Balaban J connectivity index is 2.20. The summed E-state index contributed by atoms with van der Waals surface area (Å²) in [5, 5.41) is 8.41. The van der Waals surface area contributed by atoms with Gasteiger partial charge >= 0.3 is 6.03 Å². The van der Waals surface area contributed by atoms with Crippen LogP contribution in [0.2, 0.25) is 0 Å². The summed E-state index contributed by atoms with van der Waals surface area (Å²) in [6.07, 6.45) is 6.11. The minimum absolute atomic E-state index is 0.00333. The summed E-state index contributed by atoms with van der Waals surface area (Å²) in [7, 11) is 0. The van der Waals surface area contributed by atoms with Crippen molar-refractivity contribution in [3.05, 3.63) is 0 Å². The van der Waals surface area contributed by atoms with Crippen molar-refractivity contribution in [1.82, 2.24) is 20.9 Å². The Morgan fingerprint density at radius 2 is 1.57 bits per heavy atom. The number of primary amides is 1.